The van der Waals surface area contributed by atoms with E-state index in [0.717, 1.165) is 0 Å². The first-order valence-corrected chi connectivity index (χ1v) is 0. The molecule has 0 unspecified atom stereocenters. The van der Waals surface area contributed by atoms with E-state index in [0.29, 0.717) is 0 Å². The molecule has 0 aromatic heterocycles. The number of rotatable bonds is 0. The largest absolute Gasteiger partial charge is 0 e. The van der Waals surface area contributed by atoms with Gasteiger partial charge in [0.2, 0.25) is 0 Å². The van der Waals surface area contributed by atoms with E-state index < -0.39 is 0 Å². The third-order valence-electron chi connectivity index (χ3n) is 0. The average Bonchev–Trinajstić information content (AvgIpc) is 0. The summed E-state index contributed by atoms with van der Waals surface area (Å²) in [6, 6.07) is 0. The van der Waals surface area contributed by atoms with Gasteiger partial charge in [-0.15, -0.1) is 0 Å². The maximum Gasteiger partial charge on any atom is 0 e. The second-order valence-electron chi connectivity index (χ2n) is 0. The van der Waals surface area contributed by atoms with Crippen molar-refractivity contribution in [2.45, 2.75) is 0 Å². The Bertz CT molecular complexity index is 8.00. The van der Waals surface area contributed by atoms with E-state index in [9.17, 15) is 0 Å². The van der Waals surface area contributed by atoms with Crippen molar-refractivity contribution >= 4 is 17.4 Å². The second-order valence-corrected chi connectivity index (χ2v) is 0. The fraction of sp³-hybridized carbons (Fsp3) is 0. The fourth-order valence-corrected chi connectivity index (χ4v) is 0. The molecule has 4 heteroatoms. The molecule has 0 rings (SSSR count). The van der Waals surface area contributed by atoms with E-state index in [2.05, 4.69) is 0 Å². The minimum absolute atomic E-state index is 0. The van der Waals surface area contributed by atoms with E-state index in [1.165, 1.54) is 0 Å². The van der Waals surface area contributed by atoms with Crippen LogP contribution in [-0.4, -0.2) is 17.4 Å². The number of hydrogen-bond donors (Lipinski definition) is 0. The topological polar surface area (TPSA) is 0 Å². The summed E-state index contributed by atoms with van der Waals surface area (Å²) in [4.78, 5) is 0. The van der Waals surface area contributed by atoms with E-state index in [1.54, 1.807) is 0 Å². The molecule has 0 nitrogen and oxygen atoms in total. The van der Waals surface area contributed by atoms with Crippen molar-refractivity contribution in [3.8, 4) is 0 Å². The maximum atomic E-state index is 0. The summed E-state index contributed by atoms with van der Waals surface area (Å²) in [6.07, 6.45) is 0. The van der Waals surface area contributed by atoms with Gasteiger partial charge in [0.05, 0.1) is 0 Å². The van der Waals surface area contributed by atoms with Crippen molar-refractivity contribution in [3.63, 3.8) is 0 Å². The molecule has 0 amide bonds. The second kappa shape index (κ2) is 18.6. The fourth-order valence-electron chi connectivity index (χ4n) is 0. The summed E-state index contributed by atoms with van der Waals surface area (Å²) in [6.45, 7) is 0. The van der Waals surface area contributed by atoms with Crippen LogP contribution in [0.3, 0.4) is 0 Å². The van der Waals surface area contributed by atoms with Crippen LogP contribution in [0.25, 0.3) is 0 Å². The maximum absolute atomic E-state index is 0. The SMILES string of the molecule is [Al].[Cr].[Fe].[W]. The van der Waals surface area contributed by atoms with Crippen LogP contribution in [0.1, 0.15) is 0 Å². The van der Waals surface area contributed by atoms with Gasteiger partial charge < -0.3 is 0 Å². The van der Waals surface area contributed by atoms with Crippen LogP contribution < -0.4 is 0 Å². The van der Waals surface area contributed by atoms with Gasteiger partial charge in [0.1, 0.15) is 0 Å². The van der Waals surface area contributed by atoms with E-state index in [1.807, 2.05) is 0 Å². The van der Waals surface area contributed by atoms with Gasteiger partial charge in [-0.25, -0.2) is 0 Å². The van der Waals surface area contributed by atoms with E-state index in [4.69, 9.17) is 0 Å². The molecule has 0 heterocycles. The van der Waals surface area contributed by atoms with Gasteiger partial charge in [0.15, 0.2) is 0 Å². The molecule has 0 aliphatic heterocycles. The molecule has 0 spiro atoms. The summed E-state index contributed by atoms with van der Waals surface area (Å²) in [7, 11) is 0. The molecule has 23 valence electrons. The van der Waals surface area contributed by atoms with E-state index >= 15 is 0 Å². The Morgan fingerprint density at radius 3 is 1.00 bits per heavy atom. The van der Waals surface area contributed by atoms with Crippen LogP contribution in [0.4, 0.5) is 0 Å². The molecular weight excluding hydrogens is 319 g/mol. The standard InChI is InChI=1S/Al.Cr.Fe.W. The predicted molar refractivity (Wildman–Crippen MR) is 5.75 cm³/mol. The van der Waals surface area contributed by atoms with E-state index in [-0.39, 0.29) is 72.9 Å². The quantitative estimate of drug-likeness (QED) is 0.534. The molecule has 0 aromatic rings. The van der Waals surface area contributed by atoms with Crippen molar-refractivity contribution in [3.05, 3.63) is 0 Å². The minimum atomic E-state index is 0. The third kappa shape index (κ3) is 8.86. The molecule has 0 fully saturated rings. The Balaban J connectivity index is 0. The van der Waals surface area contributed by atoms with Gasteiger partial charge in [0.25, 0.3) is 0 Å². The predicted octanol–water partition coefficient (Wildman–Crippen LogP) is -0.388. The molecule has 0 saturated carbocycles. The van der Waals surface area contributed by atoms with Gasteiger partial charge in [-0.3, -0.25) is 0 Å². The zero-order chi connectivity index (χ0) is 0. The van der Waals surface area contributed by atoms with Crippen LogP contribution in [0.5, 0.6) is 0 Å². The average molecular weight is 319 g/mol. The van der Waals surface area contributed by atoms with Gasteiger partial charge in [-0.1, -0.05) is 0 Å². The minimum Gasteiger partial charge on any atom is 0 e. The van der Waals surface area contributed by atoms with Crippen LogP contribution in [0, 0.1) is 0 Å². The van der Waals surface area contributed by atoms with Gasteiger partial charge >= 0.3 is 0 Å². The van der Waals surface area contributed by atoms with Crippen molar-refractivity contribution < 1.29 is 55.5 Å². The molecule has 0 bridgehead atoms. The first kappa shape index (κ1) is 33.8. The summed E-state index contributed by atoms with van der Waals surface area (Å²) < 4.78 is 0. The smallest absolute Gasteiger partial charge is 0 e. The van der Waals surface area contributed by atoms with Crippen LogP contribution in [0.15, 0.2) is 0 Å². The summed E-state index contributed by atoms with van der Waals surface area (Å²) >= 11 is 0. The number of hydrogen-bond acceptors (Lipinski definition) is 0. The van der Waals surface area contributed by atoms with Crippen molar-refractivity contribution in [1.29, 1.82) is 0 Å². The normalized spacial score (nSPS) is 0. The van der Waals surface area contributed by atoms with Crippen LogP contribution >= 0.6 is 0 Å². The molecule has 0 aromatic carbocycles. The first-order valence-electron chi connectivity index (χ1n) is 0. The van der Waals surface area contributed by atoms with Crippen LogP contribution in [0.2, 0.25) is 0 Å². The molecule has 0 N–H and O–H groups in total. The molecule has 0 aliphatic carbocycles. The molecular formula is AlCrFeW. The molecule has 0 atom stereocenters. The molecule has 4 heavy (non-hydrogen) atoms. The summed E-state index contributed by atoms with van der Waals surface area (Å²) in [5.41, 5.74) is 0. The van der Waals surface area contributed by atoms with Crippen LogP contribution in [-0.2, 0) is 55.5 Å². The first-order chi connectivity index (χ1) is 0. The Hall–Kier alpha value is 2.27. The Labute approximate surface area is 72.1 Å². The van der Waals surface area contributed by atoms with Gasteiger partial charge in [0, 0.05) is 72.9 Å². The third-order valence-corrected chi connectivity index (χ3v) is 0. The zero-order valence-corrected chi connectivity index (χ0v) is 8.21. The van der Waals surface area contributed by atoms with Crippen molar-refractivity contribution in [1.82, 2.24) is 0 Å². The van der Waals surface area contributed by atoms with Gasteiger partial charge in [-0.05, 0) is 0 Å². The molecule has 0 aliphatic rings. The van der Waals surface area contributed by atoms with Crippen molar-refractivity contribution in [2.24, 2.45) is 0 Å². The Kier molecular flexibility index (Phi) is 157. The molecule has 3 radical (unpaired) electrons. The Morgan fingerprint density at radius 1 is 1.00 bits per heavy atom. The summed E-state index contributed by atoms with van der Waals surface area (Å²) in [5.74, 6) is 0. The van der Waals surface area contributed by atoms with Gasteiger partial charge in [-0.2, -0.15) is 0 Å². The Morgan fingerprint density at radius 2 is 1.00 bits per heavy atom. The summed E-state index contributed by atoms with van der Waals surface area (Å²) in [5, 5.41) is 0. The van der Waals surface area contributed by atoms with Crippen molar-refractivity contribution in [2.75, 3.05) is 0 Å². The molecule has 0 saturated heterocycles. The monoisotopic (exact) mass is 319 g/mol. The zero-order valence-electron chi connectivity index (χ0n) is 1.75.